The Morgan fingerprint density at radius 1 is 1.50 bits per heavy atom. The molecule has 0 spiro atoms. The van der Waals surface area contributed by atoms with Crippen molar-refractivity contribution < 1.29 is 4.79 Å². The average molecular weight is 249 g/mol. The number of hydrogen-bond donors (Lipinski definition) is 1. The van der Waals surface area contributed by atoms with Crippen molar-refractivity contribution in [1.82, 2.24) is 10.2 Å². The Labute approximate surface area is 109 Å². The Kier molecular flexibility index (Phi) is 3.91. The molecule has 18 heavy (non-hydrogen) atoms. The van der Waals surface area contributed by atoms with Gasteiger partial charge >= 0.3 is 0 Å². The second-order valence-corrected chi connectivity index (χ2v) is 6.12. The predicted molar refractivity (Wildman–Crippen MR) is 69.7 cm³/mol. The van der Waals surface area contributed by atoms with Gasteiger partial charge in [-0.25, -0.2) is 0 Å². The van der Waals surface area contributed by atoms with Gasteiger partial charge in [-0.15, -0.1) is 0 Å². The highest BCUT2D eigenvalue weighted by atomic mass is 16.2. The summed E-state index contributed by atoms with van der Waals surface area (Å²) in [5.74, 6) is 1.03. The molecule has 2 atom stereocenters. The number of likely N-dealkylation sites (tertiary alicyclic amines) is 1. The predicted octanol–water partition coefficient (Wildman–Crippen LogP) is 1.53. The third-order valence-electron chi connectivity index (χ3n) is 4.13. The van der Waals surface area contributed by atoms with Gasteiger partial charge in [0.25, 0.3) is 0 Å². The SMILES string of the molecule is C[C@@H]1CCCN(CC(=O)N[C@](C)(C#N)C2CC2)C1. The maximum Gasteiger partial charge on any atom is 0.235 e. The fourth-order valence-corrected chi connectivity index (χ4v) is 2.84. The van der Waals surface area contributed by atoms with Crippen LogP contribution in [0.1, 0.15) is 39.5 Å². The smallest absolute Gasteiger partial charge is 0.235 e. The largest absolute Gasteiger partial charge is 0.337 e. The van der Waals surface area contributed by atoms with Gasteiger partial charge in [-0.2, -0.15) is 5.26 Å². The second-order valence-electron chi connectivity index (χ2n) is 6.12. The van der Waals surface area contributed by atoms with Gasteiger partial charge in [0.2, 0.25) is 5.91 Å². The third-order valence-corrected chi connectivity index (χ3v) is 4.13. The number of nitrogens with zero attached hydrogens (tertiary/aromatic N) is 2. The van der Waals surface area contributed by atoms with Crippen molar-refractivity contribution >= 4 is 5.91 Å². The monoisotopic (exact) mass is 249 g/mol. The molecular weight excluding hydrogens is 226 g/mol. The van der Waals surface area contributed by atoms with Gasteiger partial charge in [-0.05, 0) is 51.0 Å². The van der Waals surface area contributed by atoms with Gasteiger partial charge in [0.15, 0.2) is 0 Å². The fourth-order valence-electron chi connectivity index (χ4n) is 2.84. The molecule has 2 rings (SSSR count). The summed E-state index contributed by atoms with van der Waals surface area (Å²) in [5.41, 5.74) is -0.654. The molecule has 0 aromatic rings. The van der Waals surface area contributed by atoms with Crippen molar-refractivity contribution in [2.24, 2.45) is 11.8 Å². The van der Waals surface area contributed by atoms with Crippen molar-refractivity contribution in [3.63, 3.8) is 0 Å². The molecule has 1 saturated carbocycles. The van der Waals surface area contributed by atoms with Crippen LogP contribution in [0, 0.1) is 23.2 Å². The quantitative estimate of drug-likeness (QED) is 0.822. The molecule has 0 radical (unpaired) electrons. The molecule has 4 heteroatoms. The molecule has 100 valence electrons. The van der Waals surface area contributed by atoms with E-state index >= 15 is 0 Å². The zero-order valence-electron chi connectivity index (χ0n) is 11.4. The Hall–Kier alpha value is -1.08. The molecule has 1 saturated heterocycles. The van der Waals surface area contributed by atoms with Crippen molar-refractivity contribution in [3.05, 3.63) is 0 Å². The number of carbonyl (C=O) groups excluding carboxylic acids is 1. The number of carbonyl (C=O) groups is 1. The van der Waals surface area contributed by atoms with Gasteiger partial charge < -0.3 is 5.32 Å². The number of amides is 1. The van der Waals surface area contributed by atoms with E-state index in [4.69, 9.17) is 0 Å². The summed E-state index contributed by atoms with van der Waals surface area (Å²) in [6.07, 6.45) is 4.55. The van der Waals surface area contributed by atoms with E-state index in [1.165, 1.54) is 12.8 Å². The zero-order valence-corrected chi connectivity index (χ0v) is 11.4. The summed E-state index contributed by atoms with van der Waals surface area (Å²) in [6.45, 7) is 6.52. The second kappa shape index (κ2) is 5.27. The van der Waals surface area contributed by atoms with E-state index in [0.29, 0.717) is 18.4 Å². The van der Waals surface area contributed by atoms with Crippen LogP contribution in [0.4, 0.5) is 0 Å². The number of piperidine rings is 1. The van der Waals surface area contributed by atoms with Gasteiger partial charge in [0, 0.05) is 6.54 Å². The summed E-state index contributed by atoms with van der Waals surface area (Å²) < 4.78 is 0. The number of hydrogen-bond acceptors (Lipinski definition) is 3. The van der Waals surface area contributed by atoms with Gasteiger partial charge in [0.05, 0.1) is 12.6 Å². The first kappa shape index (κ1) is 13.4. The normalized spacial score (nSPS) is 28.2. The van der Waals surface area contributed by atoms with Crippen LogP contribution in [0.25, 0.3) is 0 Å². The van der Waals surface area contributed by atoms with Crippen LogP contribution in [0.15, 0.2) is 0 Å². The lowest BCUT2D eigenvalue weighted by molar-refractivity contribution is -0.124. The molecule has 1 heterocycles. The van der Waals surface area contributed by atoms with Crippen molar-refractivity contribution in [3.8, 4) is 6.07 Å². The van der Waals surface area contributed by atoms with E-state index in [9.17, 15) is 10.1 Å². The molecular formula is C14H23N3O. The lowest BCUT2D eigenvalue weighted by Crippen LogP contribution is -2.51. The van der Waals surface area contributed by atoms with E-state index in [1.807, 2.05) is 6.92 Å². The molecule has 1 amide bonds. The van der Waals surface area contributed by atoms with E-state index in [2.05, 4.69) is 23.2 Å². The van der Waals surface area contributed by atoms with E-state index in [-0.39, 0.29) is 5.91 Å². The zero-order chi connectivity index (χ0) is 13.2. The molecule has 0 aromatic carbocycles. The Bertz CT molecular complexity index is 359. The number of nitrogens with one attached hydrogen (secondary N) is 1. The van der Waals surface area contributed by atoms with Gasteiger partial charge in [-0.3, -0.25) is 9.69 Å². The summed E-state index contributed by atoms with van der Waals surface area (Å²) in [5, 5.41) is 12.1. The van der Waals surface area contributed by atoms with Crippen molar-refractivity contribution in [2.45, 2.75) is 45.1 Å². The highest BCUT2D eigenvalue weighted by molar-refractivity contribution is 5.79. The first-order valence-corrected chi connectivity index (χ1v) is 6.98. The Morgan fingerprint density at radius 3 is 2.78 bits per heavy atom. The van der Waals surface area contributed by atoms with E-state index in [0.717, 1.165) is 25.9 Å². The fraction of sp³-hybridized carbons (Fsp3) is 0.857. The maximum absolute atomic E-state index is 12.0. The van der Waals surface area contributed by atoms with Gasteiger partial charge in [0.1, 0.15) is 5.54 Å². The molecule has 0 bridgehead atoms. The minimum atomic E-state index is -0.654. The molecule has 0 aromatic heterocycles. The average Bonchev–Trinajstić information content (AvgIpc) is 3.12. The molecule has 1 aliphatic carbocycles. The van der Waals surface area contributed by atoms with Crippen molar-refractivity contribution in [2.75, 3.05) is 19.6 Å². The lowest BCUT2D eigenvalue weighted by atomic mass is 9.97. The third kappa shape index (κ3) is 3.23. The number of rotatable bonds is 4. The topological polar surface area (TPSA) is 56.1 Å². The summed E-state index contributed by atoms with van der Waals surface area (Å²) in [7, 11) is 0. The first-order valence-electron chi connectivity index (χ1n) is 6.98. The molecule has 2 fully saturated rings. The minimum Gasteiger partial charge on any atom is -0.337 e. The summed E-state index contributed by atoms with van der Waals surface area (Å²) >= 11 is 0. The summed E-state index contributed by atoms with van der Waals surface area (Å²) in [4.78, 5) is 14.2. The molecule has 0 unspecified atom stereocenters. The maximum atomic E-state index is 12.0. The van der Waals surface area contributed by atoms with Crippen LogP contribution in [-0.4, -0.2) is 36.0 Å². The van der Waals surface area contributed by atoms with E-state index in [1.54, 1.807) is 0 Å². The lowest BCUT2D eigenvalue weighted by Gasteiger charge is -2.31. The van der Waals surface area contributed by atoms with Crippen LogP contribution in [0.5, 0.6) is 0 Å². The highest BCUT2D eigenvalue weighted by Crippen LogP contribution is 2.39. The van der Waals surface area contributed by atoms with Crippen LogP contribution in [-0.2, 0) is 4.79 Å². The molecule has 1 aliphatic heterocycles. The molecule has 1 N–H and O–H groups in total. The Balaban J connectivity index is 1.83. The Morgan fingerprint density at radius 2 is 2.22 bits per heavy atom. The van der Waals surface area contributed by atoms with Crippen LogP contribution < -0.4 is 5.32 Å². The van der Waals surface area contributed by atoms with Crippen LogP contribution in [0.2, 0.25) is 0 Å². The minimum absolute atomic E-state index is 0.0000463. The molecule has 2 aliphatic rings. The standard InChI is InChI=1S/C14H23N3O/c1-11-4-3-7-17(8-11)9-13(18)16-14(2,10-15)12-5-6-12/h11-12H,3-9H2,1-2H3,(H,16,18)/t11-,14-/m1/s1. The van der Waals surface area contributed by atoms with Crippen LogP contribution >= 0.6 is 0 Å². The molecule has 4 nitrogen and oxygen atoms in total. The van der Waals surface area contributed by atoms with E-state index < -0.39 is 5.54 Å². The van der Waals surface area contributed by atoms with Crippen LogP contribution in [0.3, 0.4) is 0 Å². The first-order chi connectivity index (χ1) is 8.53. The van der Waals surface area contributed by atoms with Crippen molar-refractivity contribution in [1.29, 1.82) is 5.26 Å². The highest BCUT2D eigenvalue weighted by Gasteiger charge is 2.43. The number of nitriles is 1. The van der Waals surface area contributed by atoms with Gasteiger partial charge in [-0.1, -0.05) is 6.92 Å². The summed E-state index contributed by atoms with van der Waals surface area (Å²) in [6, 6.07) is 2.27.